The van der Waals surface area contributed by atoms with Crippen LogP contribution in [-0.2, 0) is 17.4 Å². The lowest BCUT2D eigenvalue weighted by atomic mass is 10.1. The van der Waals surface area contributed by atoms with Gasteiger partial charge < -0.3 is 23.9 Å². The normalized spacial score (nSPS) is 11.3. The molecule has 1 amide bonds. The van der Waals surface area contributed by atoms with Gasteiger partial charge in [0.1, 0.15) is 11.3 Å². The van der Waals surface area contributed by atoms with Crippen LogP contribution < -0.4 is 25.0 Å². The fraction of sp³-hybridized carbons (Fsp3) is 0.214. The SMILES string of the molecule is CCOc1ccccc1Oc1c(C(F)(F)F)oc2cc(OCC(=O)Nc3ccc(CC)cc3)ccc2c1=O. The summed E-state index contributed by atoms with van der Waals surface area (Å²) in [5.41, 5.74) is 0.293. The molecule has 1 N–H and O–H groups in total. The second kappa shape index (κ2) is 11.3. The van der Waals surface area contributed by atoms with Crippen molar-refractivity contribution in [2.24, 2.45) is 0 Å². The summed E-state index contributed by atoms with van der Waals surface area (Å²) < 4.78 is 63.0. The molecule has 38 heavy (non-hydrogen) atoms. The van der Waals surface area contributed by atoms with E-state index < -0.39 is 35.6 Å². The number of fused-ring (bicyclic) bond motifs is 1. The Morgan fingerprint density at radius 2 is 1.66 bits per heavy atom. The largest absolute Gasteiger partial charge is 0.490 e. The Morgan fingerprint density at radius 3 is 2.32 bits per heavy atom. The molecule has 0 fully saturated rings. The smallest absolute Gasteiger partial charge is 0.453 e. The number of aryl methyl sites for hydroxylation is 1. The van der Waals surface area contributed by atoms with Crippen molar-refractivity contribution in [3.63, 3.8) is 0 Å². The Morgan fingerprint density at radius 1 is 0.947 bits per heavy atom. The maximum Gasteiger partial charge on any atom is 0.453 e. The molecule has 0 radical (unpaired) electrons. The first-order valence-electron chi connectivity index (χ1n) is 11.8. The first-order valence-corrected chi connectivity index (χ1v) is 11.8. The number of alkyl halides is 3. The first-order chi connectivity index (χ1) is 18.2. The van der Waals surface area contributed by atoms with Gasteiger partial charge in [-0.2, -0.15) is 13.2 Å². The molecule has 0 aliphatic carbocycles. The van der Waals surface area contributed by atoms with Gasteiger partial charge in [-0.15, -0.1) is 0 Å². The maximum atomic E-state index is 13.9. The minimum atomic E-state index is -5.03. The Labute approximate surface area is 215 Å². The van der Waals surface area contributed by atoms with Crippen molar-refractivity contribution in [2.75, 3.05) is 18.5 Å². The number of para-hydroxylation sites is 2. The van der Waals surface area contributed by atoms with E-state index in [1.807, 2.05) is 19.1 Å². The van der Waals surface area contributed by atoms with Gasteiger partial charge in [-0.3, -0.25) is 9.59 Å². The molecule has 0 bridgehead atoms. The van der Waals surface area contributed by atoms with Crippen LogP contribution in [0.25, 0.3) is 11.0 Å². The number of benzene rings is 3. The Hall–Kier alpha value is -4.47. The van der Waals surface area contributed by atoms with Gasteiger partial charge in [0.2, 0.25) is 11.2 Å². The van der Waals surface area contributed by atoms with Gasteiger partial charge in [0.05, 0.1) is 12.0 Å². The molecule has 0 saturated carbocycles. The zero-order valence-corrected chi connectivity index (χ0v) is 20.6. The molecule has 1 heterocycles. The minimum absolute atomic E-state index is 0.0422. The highest BCUT2D eigenvalue weighted by molar-refractivity contribution is 5.92. The maximum absolute atomic E-state index is 13.9. The lowest BCUT2D eigenvalue weighted by Crippen LogP contribution is -2.20. The first kappa shape index (κ1) is 26.6. The third-order valence-corrected chi connectivity index (χ3v) is 5.46. The molecular weight excluding hydrogens is 503 g/mol. The number of anilines is 1. The molecule has 198 valence electrons. The van der Waals surface area contributed by atoms with Gasteiger partial charge >= 0.3 is 6.18 Å². The Kier molecular flexibility index (Phi) is 7.90. The van der Waals surface area contributed by atoms with Crippen LogP contribution in [0.2, 0.25) is 0 Å². The van der Waals surface area contributed by atoms with E-state index in [0.717, 1.165) is 18.1 Å². The van der Waals surface area contributed by atoms with Gasteiger partial charge in [0, 0.05) is 11.8 Å². The number of amides is 1. The van der Waals surface area contributed by atoms with E-state index in [2.05, 4.69) is 5.32 Å². The molecule has 0 spiro atoms. The molecule has 3 aromatic carbocycles. The van der Waals surface area contributed by atoms with E-state index in [-0.39, 0.29) is 34.8 Å². The summed E-state index contributed by atoms with van der Waals surface area (Å²) in [6, 6.07) is 17.0. The molecule has 1 aromatic heterocycles. The highest BCUT2D eigenvalue weighted by Gasteiger charge is 2.40. The van der Waals surface area contributed by atoms with Crippen molar-refractivity contribution in [3.05, 3.63) is 88.3 Å². The van der Waals surface area contributed by atoms with Crippen molar-refractivity contribution in [3.8, 4) is 23.0 Å². The zero-order valence-electron chi connectivity index (χ0n) is 20.6. The average Bonchev–Trinajstić information content (AvgIpc) is 2.90. The van der Waals surface area contributed by atoms with Gasteiger partial charge in [0.15, 0.2) is 18.1 Å². The van der Waals surface area contributed by atoms with Crippen molar-refractivity contribution in [2.45, 2.75) is 26.4 Å². The third kappa shape index (κ3) is 6.08. The molecule has 0 unspecified atom stereocenters. The number of ether oxygens (including phenoxy) is 3. The Bertz CT molecular complexity index is 1500. The van der Waals surface area contributed by atoms with Crippen LogP contribution in [0.1, 0.15) is 25.2 Å². The van der Waals surface area contributed by atoms with Gasteiger partial charge in [0.25, 0.3) is 11.7 Å². The predicted molar refractivity (Wildman–Crippen MR) is 135 cm³/mol. The second-order valence-electron chi connectivity index (χ2n) is 8.11. The summed E-state index contributed by atoms with van der Waals surface area (Å²) >= 11 is 0. The molecule has 4 rings (SSSR count). The Balaban J connectivity index is 1.59. The standard InChI is InChI=1S/C28H24F3NO6/c1-3-17-9-11-18(12-10-17)32-24(33)16-36-19-13-14-20-23(15-19)38-27(28(29,30)31)26(25(20)34)37-22-8-6-5-7-21(22)35-4-2/h5-15H,3-4,16H2,1-2H3,(H,32,33). The predicted octanol–water partition coefficient (Wildman–Crippen LogP) is 6.58. The number of carbonyl (C=O) groups excluding carboxylic acids is 1. The number of rotatable bonds is 9. The van der Waals surface area contributed by atoms with E-state index in [0.29, 0.717) is 5.69 Å². The molecule has 10 heteroatoms. The van der Waals surface area contributed by atoms with E-state index >= 15 is 0 Å². The summed E-state index contributed by atoms with van der Waals surface area (Å²) in [6.07, 6.45) is -4.17. The van der Waals surface area contributed by atoms with Crippen molar-refractivity contribution in [1.82, 2.24) is 0 Å². The average molecular weight is 527 g/mol. The highest BCUT2D eigenvalue weighted by Crippen LogP contribution is 2.40. The van der Waals surface area contributed by atoms with E-state index in [1.54, 1.807) is 25.1 Å². The van der Waals surface area contributed by atoms with Gasteiger partial charge in [-0.05, 0) is 55.3 Å². The molecule has 7 nitrogen and oxygen atoms in total. The van der Waals surface area contributed by atoms with Crippen molar-refractivity contribution in [1.29, 1.82) is 0 Å². The topological polar surface area (TPSA) is 87.0 Å². The molecule has 0 aliphatic rings. The number of hydrogen-bond acceptors (Lipinski definition) is 6. The van der Waals surface area contributed by atoms with E-state index in [1.165, 1.54) is 30.3 Å². The van der Waals surface area contributed by atoms with Crippen LogP contribution >= 0.6 is 0 Å². The summed E-state index contributed by atoms with van der Waals surface area (Å²) in [5.74, 6) is -2.94. The minimum Gasteiger partial charge on any atom is -0.490 e. The molecule has 0 atom stereocenters. The van der Waals surface area contributed by atoms with Crippen LogP contribution in [0.15, 0.2) is 75.9 Å². The van der Waals surface area contributed by atoms with Crippen LogP contribution in [0.3, 0.4) is 0 Å². The summed E-state index contributed by atoms with van der Waals surface area (Å²) in [5, 5.41) is 2.51. The lowest BCUT2D eigenvalue weighted by Gasteiger charge is -2.15. The number of carbonyl (C=O) groups is 1. The molecule has 0 saturated heterocycles. The van der Waals surface area contributed by atoms with Crippen LogP contribution in [0.5, 0.6) is 23.0 Å². The number of hydrogen-bond donors (Lipinski definition) is 1. The fourth-order valence-corrected chi connectivity index (χ4v) is 3.61. The molecule has 4 aromatic rings. The zero-order chi connectivity index (χ0) is 27.3. The molecule has 0 aliphatic heterocycles. The fourth-order valence-electron chi connectivity index (χ4n) is 3.61. The van der Waals surface area contributed by atoms with Crippen LogP contribution in [0.4, 0.5) is 18.9 Å². The summed E-state index contributed by atoms with van der Waals surface area (Å²) in [7, 11) is 0. The summed E-state index contributed by atoms with van der Waals surface area (Å²) in [4.78, 5) is 25.3. The van der Waals surface area contributed by atoms with Crippen molar-refractivity contribution >= 4 is 22.6 Å². The quantitative estimate of drug-likeness (QED) is 0.265. The monoisotopic (exact) mass is 527 g/mol. The highest BCUT2D eigenvalue weighted by atomic mass is 19.4. The van der Waals surface area contributed by atoms with Gasteiger partial charge in [-0.1, -0.05) is 31.2 Å². The number of halogens is 3. The van der Waals surface area contributed by atoms with Crippen molar-refractivity contribution < 1.29 is 36.6 Å². The van der Waals surface area contributed by atoms with Crippen LogP contribution in [-0.4, -0.2) is 19.1 Å². The number of nitrogens with one attached hydrogen (secondary N) is 1. The second-order valence-corrected chi connectivity index (χ2v) is 8.11. The van der Waals surface area contributed by atoms with E-state index in [9.17, 15) is 22.8 Å². The lowest BCUT2D eigenvalue weighted by molar-refractivity contribution is -0.154. The summed E-state index contributed by atoms with van der Waals surface area (Å²) in [6.45, 7) is 3.55. The van der Waals surface area contributed by atoms with E-state index in [4.69, 9.17) is 18.6 Å². The van der Waals surface area contributed by atoms with Crippen LogP contribution in [0, 0.1) is 0 Å². The molecular formula is C28H24F3NO6. The third-order valence-electron chi connectivity index (χ3n) is 5.46. The van der Waals surface area contributed by atoms with Gasteiger partial charge in [-0.25, -0.2) is 0 Å².